The van der Waals surface area contributed by atoms with Crippen LogP contribution in [0.2, 0.25) is 0 Å². The van der Waals surface area contributed by atoms with Gasteiger partial charge in [0.2, 0.25) is 0 Å². The number of nitriles is 1. The summed E-state index contributed by atoms with van der Waals surface area (Å²) in [6, 6.07) is 6.58. The van der Waals surface area contributed by atoms with Crippen LogP contribution in [0.3, 0.4) is 0 Å². The first kappa shape index (κ1) is 14.2. The standard InChI is InChI=1S/C15H18N2O3/c16-8-9-19-14-7-6-11(10-13(14)17)15(18)20-12-4-2-1-3-5-12/h6-7,10,12H,1-5,9,17H2. The minimum Gasteiger partial charge on any atom is -0.477 e. The Bertz CT molecular complexity index is 516. The third kappa shape index (κ3) is 3.64. The van der Waals surface area contributed by atoms with Crippen LogP contribution >= 0.6 is 0 Å². The summed E-state index contributed by atoms with van der Waals surface area (Å²) in [5.41, 5.74) is 6.54. The molecule has 0 heterocycles. The minimum atomic E-state index is -0.351. The van der Waals surface area contributed by atoms with E-state index in [1.807, 2.05) is 6.07 Å². The highest BCUT2D eigenvalue weighted by Gasteiger charge is 2.19. The summed E-state index contributed by atoms with van der Waals surface area (Å²) in [4.78, 5) is 12.0. The van der Waals surface area contributed by atoms with Crippen LogP contribution in [0.1, 0.15) is 42.5 Å². The number of anilines is 1. The van der Waals surface area contributed by atoms with Crippen molar-refractivity contribution in [3.8, 4) is 11.8 Å². The number of ether oxygens (including phenoxy) is 2. The molecule has 0 amide bonds. The molecule has 5 nitrogen and oxygen atoms in total. The predicted octanol–water partition coefficient (Wildman–Crippen LogP) is 2.66. The number of nitrogens with zero attached hydrogens (tertiary/aromatic N) is 1. The largest absolute Gasteiger partial charge is 0.477 e. The van der Waals surface area contributed by atoms with Crippen molar-refractivity contribution >= 4 is 11.7 Å². The van der Waals surface area contributed by atoms with Gasteiger partial charge in [0.05, 0.1) is 11.3 Å². The molecule has 2 rings (SSSR count). The predicted molar refractivity (Wildman–Crippen MR) is 74.3 cm³/mol. The quantitative estimate of drug-likeness (QED) is 0.674. The fourth-order valence-electron chi connectivity index (χ4n) is 2.32. The fraction of sp³-hybridized carbons (Fsp3) is 0.467. The molecule has 0 atom stereocenters. The molecule has 5 heteroatoms. The maximum atomic E-state index is 12.0. The summed E-state index contributed by atoms with van der Waals surface area (Å²) in [6.07, 6.45) is 5.33. The molecule has 1 aliphatic carbocycles. The Morgan fingerprint density at radius 1 is 1.35 bits per heavy atom. The van der Waals surface area contributed by atoms with Crippen molar-refractivity contribution in [1.29, 1.82) is 5.26 Å². The van der Waals surface area contributed by atoms with Gasteiger partial charge in [0.1, 0.15) is 17.9 Å². The molecule has 0 spiro atoms. The maximum Gasteiger partial charge on any atom is 0.338 e. The zero-order valence-electron chi connectivity index (χ0n) is 11.3. The van der Waals surface area contributed by atoms with Crippen molar-refractivity contribution < 1.29 is 14.3 Å². The van der Waals surface area contributed by atoms with Gasteiger partial charge < -0.3 is 15.2 Å². The van der Waals surface area contributed by atoms with E-state index in [-0.39, 0.29) is 18.7 Å². The number of benzene rings is 1. The molecule has 0 aliphatic heterocycles. The van der Waals surface area contributed by atoms with E-state index in [9.17, 15) is 4.79 Å². The highest BCUT2D eigenvalue weighted by Crippen LogP contribution is 2.25. The van der Waals surface area contributed by atoms with Crippen molar-refractivity contribution in [2.45, 2.75) is 38.2 Å². The van der Waals surface area contributed by atoms with E-state index in [0.717, 1.165) is 25.7 Å². The molecule has 106 valence electrons. The zero-order valence-corrected chi connectivity index (χ0v) is 11.3. The van der Waals surface area contributed by atoms with Gasteiger partial charge in [-0.3, -0.25) is 0 Å². The molecule has 1 aliphatic rings. The van der Waals surface area contributed by atoms with Crippen LogP contribution in [-0.4, -0.2) is 18.7 Å². The van der Waals surface area contributed by atoms with Gasteiger partial charge in [-0.1, -0.05) is 6.42 Å². The number of nitrogens with two attached hydrogens (primary N) is 1. The van der Waals surface area contributed by atoms with Crippen molar-refractivity contribution in [2.75, 3.05) is 12.3 Å². The Hall–Kier alpha value is -2.22. The molecule has 1 fully saturated rings. The van der Waals surface area contributed by atoms with Crippen LogP contribution in [0.5, 0.6) is 5.75 Å². The van der Waals surface area contributed by atoms with E-state index >= 15 is 0 Å². The molecule has 20 heavy (non-hydrogen) atoms. The van der Waals surface area contributed by atoms with Gasteiger partial charge in [-0.25, -0.2) is 4.79 Å². The van der Waals surface area contributed by atoms with E-state index in [1.165, 1.54) is 12.5 Å². The average Bonchev–Trinajstić information content (AvgIpc) is 2.47. The van der Waals surface area contributed by atoms with Gasteiger partial charge in [-0.05, 0) is 43.9 Å². The summed E-state index contributed by atoms with van der Waals surface area (Å²) in [5.74, 6) is 0.0520. The Morgan fingerprint density at radius 2 is 2.10 bits per heavy atom. The molecular formula is C15H18N2O3. The number of nitrogen functional groups attached to an aromatic ring is 1. The SMILES string of the molecule is N#CCOc1ccc(C(=O)OC2CCCCC2)cc1N. The second-order valence-electron chi connectivity index (χ2n) is 4.86. The molecule has 0 saturated heterocycles. The van der Waals surface area contributed by atoms with Crippen LogP contribution in [0.15, 0.2) is 18.2 Å². The number of esters is 1. The number of carbonyl (C=O) groups is 1. The van der Waals surface area contributed by atoms with Gasteiger partial charge >= 0.3 is 5.97 Å². The van der Waals surface area contributed by atoms with E-state index < -0.39 is 0 Å². The topological polar surface area (TPSA) is 85.3 Å². The zero-order chi connectivity index (χ0) is 14.4. The van der Waals surface area contributed by atoms with E-state index in [2.05, 4.69) is 0 Å². The van der Waals surface area contributed by atoms with Gasteiger partial charge in [0, 0.05) is 0 Å². The highest BCUT2D eigenvalue weighted by atomic mass is 16.5. The maximum absolute atomic E-state index is 12.0. The van der Waals surface area contributed by atoms with Gasteiger partial charge in [0.15, 0.2) is 6.61 Å². The van der Waals surface area contributed by atoms with E-state index in [0.29, 0.717) is 17.0 Å². The van der Waals surface area contributed by atoms with Crippen LogP contribution in [0.25, 0.3) is 0 Å². The van der Waals surface area contributed by atoms with Crippen molar-refractivity contribution in [2.24, 2.45) is 0 Å². The number of hydrogen-bond acceptors (Lipinski definition) is 5. The van der Waals surface area contributed by atoms with Crippen molar-refractivity contribution in [3.63, 3.8) is 0 Å². The molecule has 0 aromatic heterocycles. The highest BCUT2D eigenvalue weighted by molar-refractivity contribution is 5.91. The molecule has 0 bridgehead atoms. The Morgan fingerprint density at radius 3 is 2.75 bits per heavy atom. The average molecular weight is 274 g/mol. The molecule has 2 N–H and O–H groups in total. The Labute approximate surface area is 118 Å². The lowest BCUT2D eigenvalue weighted by molar-refractivity contribution is 0.0211. The normalized spacial score (nSPS) is 15.3. The number of hydrogen-bond donors (Lipinski definition) is 1. The first-order chi connectivity index (χ1) is 9.70. The van der Waals surface area contributed by atoms with Gasteiger partial charge in [-0.2, -0.15) is 5.26 Å². The first-order valence-corrected chi connectivity index (χ1v) is 6.81. The van der Waals surface area contributed by atoms with Gasteiger partial charge in [-0.15, -0.1) is 0 Å². The second-order valence-corrected chi connectivity index (χ2v) is 4.86. The molecule has 0 unspecified atom stereocenters. The summed E-state index contributed by atoms with van der Waals surface area (Å²) in [5, 5.41) is 8.45. The molecule has 1 aromatic rings. The third-order valence-corrected chi connectivity index (χ3v) is 3.36. The van der Waals surface area contributed by atoms with E-state index in [1.54, 1.807) is 12.1 Å². The summed E-state index contributed by atoms with van der Waals surface area (Å²) in [7, 11) is 0. The molecular weight excluding hydrogens is 256 g/mol. The smallest absolute Gasteiger partial charge is 0.338 e. The first-order valence-electron chi connectivity index (χ1n) is 6.81. The lowest BCUT2D eigenvalue weighted by Gasteiger charge is -2.21. The van der Waals surface area contributed by atoms with Crippen LogP contribution in [0, 0.1) is 11.3 Å². The summed E-state index contributed by atoms with van der Waals surface area (Å²) < 4.78 is 10.6. The number of carbonyl (C=O) groups excluding carboxylic acids is 1. The van der Waals surface area contributed by atoms with Crippen LogP contribution in [-0.2, 0) is 4.74 Å². The summed E-state index contributed by atoms with van der Waals surface area (Å²) in [6.45, 7) is -0.0733. The van der Waals surface area contributed by atoms with Crippen molar-refractivity contribution in [3.05, 3.63) is 23.8 Å². The molecule has 1 saturated carbocycles. The second kappa shape index (κ2) is 6.80. The van der Waals surface area contributed by atoms with Gasteiger partial charge in [0.25, 0.3) is 0 Å². The van der Waals surface area contributed by atoms with Crippen LogP contribution < -0.4 is 10.5 Å². The molecule has 1 aromatic carbocycles. The fourth-order valence-corrected chi connectivity index (χ4v) is 2.32. The van der Waals surface area contributed by atoms with E-state index in [4.69, 9.17) is 20.5 Å². The Kier molecular flexibility index (Phi) is 4.83. The Balaban J connectivity index is 1.99. The number of rotatable bonds is 4. The van der Waals surface area contributed by atoms with Crippen LogP contribution in [0.4, 0.5) is 5.69 Å². The lowest BCUT2D eigenvalue weighted by Crippen LogP contribution is -2.21. The molecule has 0 radical (unpaired) electrons. The third-order valence-electron chi connectivity index (χ3n) is 3.36. The summed E-state index contributed by atoms with van der Waals surface area (Å²) >= 11 is 0. The monoisotopic (exact) mass is 274 g/mol. The van der Waals surface area contributed by atoms with Crippen molar-refractivity contribution in [1.82, 2.24) is 0 Å². The lowest BCUT2D eigenvalue weighted by atomic mass is 9.98. The minimum absolute atomic E-state index is 0.0204.